The van der Waals surface area contributed by atoms with Crippen molar-refractivity contribution in [1.29, 1.82) is 0 Å². The maximum absolute atomic E-state index is 12.8. The summed E-state index contributed by atoms with van der Waals surface area (Å²) in [6.45, 7) is 3.11. The molecule has 2 nitrogen and oxygen atoms in total. The molecule has 0 bridgehead atoms. The lowest BCUT2D eigenvalue weighted by Crippen LogP contribution is -2.08. The third-order valence-corrected chi connectivity index (χ3v) is 2.36. The van der Waals surface area contributed by atoms with Gasteiger partial charge in [0.2, 0.25) is 0 Å². The van der Waals surface area contributed by atoms with Crippen LogP contribution in [0.15, 0.2) is 18.5 Å². The summed E-state index contributed by atoms with van der Waals surface area (Å²) in [4.78, 5) is 3.84. The van der Waals surface area contributed by atoms with Crippen molar-refractivity contribution in [1.82, 2.24) is 10.3 Å². The van der Waals surface area contributed by atoms with Crippen LogP contribution in [0.25, 0.3) is 0 Å². The first-order chi connectivity index (χ1) is 6.74. The number of aromatic nitrogens is 1. The van der Waals surface area contributed by atoms with E-state index in [9.17, 15) is 4.39 Å². The van der Waals surface area contributed by atoms with Gasteiger partial charge >= 0.3 is 0 Å². The summed E-state index contributed by atoms with van der Waals surface area (Å²) in [5.41, 5.74) is 0.987. The average Bonchev–Trinajstić information content (AvgIpc) is 2.18. The fraction of sp³-hybridized carbons (Fsp3) is 0.545. The molecule has 1 unspecified atom stereocenters. The monoisotopic (exact) mass is 196 g/mol. The predicted molar refractivity (Wildman–Crippen MR) is 55.8 cm³/mol. The average molecular weight is 196 g/mol. The fourth-order valence-electron chi connectivity index (χ4n) is 1.45. The first kappa shape index (κ1) is 11.1. The molecule has 0 fully saturated rings. The van der Waals surface area contributed by atoms with Gasteiger partial charge in [0.05, 0.1) is 6.20 Å². The highest BCUT2D eigenvalue weighted by atomic mass is 19.1. The number of nitrogens with one attached hydrogen (secondary N) is 1. The van der Waals surface area contributed by atoms with Crippen LogP contribution in [0.5, 0.6) is 0 Å². The largest absolute Gasteiger partial charge is 0.320 e. The second kappa shape index (κ2) is 5.70. The van der Waals surface area contributed by atoms with Crippen molar-refractivity contribution in [3.8, 4) is 0 Å². The predicted octanol–water partition coefficient (Wildman–Crippen LogP) is 2.32. The Kier molecular flexibility index (Phi) is 4.53. The van der Waals surface area contributed by atoms with Gasteiger partial charge in [0, 0.05) is 6.20 Å². The molecule has 1 atom stereocenters. The molecule has 1 aromatic rings. The van der Waals surface area contributed by atoms with Gasteiger partial charge in [-0.1, -0.05) is 6.92 Å². The topological polar surface area (TPSA) is 24.9 Å². The van der Waals surface area contributed by atoms with Crippen LogP contribution in [-0.2, 0) is 0 Å². The third kappa shape index (κ3) is 3.42. The van der Waals surface area contributed by atoms with E-state index in [1.807, 2.05) is 7.05 Å². The summed E-state index contributed by atoms with van der Waals surface area (Å²) >= 11 is 0. The van der Waals surface area contributed by atoms with Crippen molar-refractivity contribution >= 4 is 0 Å². The van der Waals surface area contributed by atoms with Crippen LogP contribution in [0.1, 0.15) is 31.2 Å². The maximum Gasteiger partial charge on any atom is 0.141 e. The van der Waals surface area contributed by atoms with Crippen LogP contribution >= 0.6 is 0 Å². The van der Waals surface area contributed by atoms with E-state index in [0.29, 0.717) is 5.92 Å². The first-order valence-electron chi connectivity index (χ1n) is 4.99. The van der Waals surface area contributed by atoms with Gasteiger partial charge in [0.15, 0.2) is 0 Å². The second-order valence-electron chi connectivity index (χ2n) is 3.58. The first-order valence-corrected chi connectivity index (χ1v) is 4.99. The minimum Gasteiger partial charge on any atom is -0.320 e. The van der Waals surface area contributed by atoms with E-state index in [1.165, 1.54) is 6.20 Å². The molecular weight excluding hydrogens is 179 g/mol. The molecule has 0 aromatic carbocycles. The van der Waals surface area contributed by atoms with Gasteiger partial charge in [-0.15, -0.1) is 0 Å². The van der Waals surface area contributed by atoms with Crippen molar-refractivity contribution in [2.24, 2.45) is 0 Å². The zero-order valence-electron chi connectivity index (χ0n) is 8.76. The van der Waals surface area contributed by atoms with Gasteiger partial charge in [-0.05, 0) is 44.0 Å². The van der Waals surface area contributed by atoms with Crippen molar-refractivity contribution in [2.75, 3.05) is 13.6 Å². The van der Waals surface area contributed by atoms with E-state index in [2.05, 4.69) is 17.2 Å². The van der Waals surface area contributed by atoms with Gasteiger partial charge in [-0.25, -0.2) is 4.39 Å². The molecular formula is C11H17FN2. The van der Waals surface area contributed by atoms with Crippen molar-refractivity contribution < 1.29 is 4.39 Å². The molecule has 14 heavy (non-hydrogen) atoms. The second-order valence-corrected chi connectivity index (χ2v) is 3.58. The Bertz CT molecular complexity index is 276. The Morgan fingerprint density at radius 1 is 1.50 bits per heavy atom. The van der Waals surface area contributed by atoms with E-state index >= 15 is 0 Å². The Morgan fingerprint density at radius 2 is 2.29 bits per heavy atom. The summed E-state index contributed by atoms with van der Waals surface area (Å²) in [7, 11) is 1.94. The fourth-order valence-corrected chi connectivity index (χ4v) is 1.45. The summed E-state index contributed by atoms with van der Waals surface area (Å²) in [6, 6.07) is 1.57. The Labute approximate surface area is 84.6 Å². The number of halogens is 1. The number of hydrogen-bond donors (Lipinski definition) is 1. The molecule has 1 N–H and O–H groups in total. The van der Waals surface area contributed by atoms with E-state index in [4.69, 9.17) is 0 Å². The van der Waals surface area contributed by atoms with Crippen LogP contribution in [0, 0.1) is 5.82 Å². The zero-order valence-corrected chi connectivity index (χ0v) is 8.76. The van der Waals surface area contributed by atoms with Crippen LogP contribution in [0.2, 0.25) is 0 Å². The lowest BCUT2D eigenvalue weighted by Gasteiger charge is -2.10. The van der Waals surface area contributed by atoms with Gasteiger partial charge in [0.25, 0.3) is 0 Å². The van der Waals surface area contributed by atoms with E-state index in [1.54, 1.807) is 12.3 Å². The summed E-state index contributed by atoms with van der Waals surface area (Å²) in [5, 5.41) is 3.10. The van der Waals surface area contributed by atoms with Crippen molar-refractivity contribution in [3.63, 3.8) is 0 Å². The molecule has 0 aliphatic heterocycles. The lowest BCUT2D eigenvalue weighted by atomic mass is 9.98. The standard InChI is InChI=1S/C11H17FN2/c1-9(4-3-5-13-2)10-6-11(12)8-14-7-10/h6-9,13H,3-5H2,1-2H3. The smallest absolute Gasteiger partial charge is 0.141 e. The molecule has 0 aliphatic carbocycles. The molecule has 0 radical (unpaired) electrons. The number of hydrogen-bond acceptors (Lipinski definition) is 2. The van der Waals surface area contributed by atoms with E-state index < -0.39 is 0 Å². The summed E-state index contributed by atoms with van der Waals surface area (Å²) < 4.78 is 12.8. The SMILES string of the molecule is CNCCCC(C)c1cncc(F)c1. The molecule has 0 saturated carbocycles. The van der Waals surface area contributed by atoms with Gasteiger partial charge < -0.3 is 5.32 Å². The maximum atomic E-state index is 12.8. The minimum absolute atomic E-state index is 0.247. The molecule has 0 aliphatic rings. The van der Waals surface area contributed by atoms with E-state index in [-0.39, 0.29) is 5.82 Å². The van der Waals surface area contributed by atoms with Gasteiger partial charge in [-0.2, -0.15) is 0 Å². The van der Waals surface area contributed by atoms with Crippen LogP contribution in [0.4, 0.5) is 4.39 Å². The Balaban J connectivity index is 2.47. The van der Waals surface area contributed by atoms with Gasteiger partial charge in [0.1, 0.15) is 5.82 Å². The van der Waals surface area contributed by atoms with Crippen LogP contribution < -0.4 is 5.32 Å². The third-order valence-electron chi connectivity index (χ3n) is 2.36. The van der Waals surface area contributed by atoms with Crippen LogP contribution in [-0.4, -0.2) is 18.6 Å². The number of nitrogens with zero attached hydrogens (tertiary/aromatic N) is 1. The van der Waals surface area contributed by atoms with E-state index in [0.717, 1.165) is 24.9 Å². The number of rotatable bonds is 5. The van der Waals surface area contributed by atoms with Gasteiger partial charge in [-0.3, -0.25) is 4.98 Å². The molecule has 3 heteroatoms. The Hall–Kier alpha value is -0.960. The highest BCUT2D eigenvalue weighted by Gasteiger charge is 2.06. The van der Waals surface area contributed by atoms with Crippen molar-refractivity contribution in [2.45, 2.75) is 25.7 Å². The molecule has 1 heterocycles. The van der Waals surface area contributed by atoms with Crippen molar-refractivity contribution in [3.05, 3.63) is 29.8 Å². The minimum atomic E-state index is -0.247. The highest BCUT2D eigenvalue weighted by molar-refractivity contribution is 5.14. The Morgan fingerprint density at radius 3 is 2.93 bits per heavy atom. The normalized spacial score (nSPS) is 12.8. The molecule has 78 valence electrons. The number of pyridine rings is 1. The molecule has 1 aromatic heterocycles. The highest BCUT2D eigenvalue weighted by Crippen LogP contribution is 2.19. The van der Waals surface area contributed by atoms with Crippen LogP contribution in [0.3, 0.4) is 0 Å². The summed E-state index contributed by atoms with van der Waals surface area (Å²) in [6.07, 6.45) is 5.15. The summed E-state index contributed by atoms with van der Waals surface area (Å²) in [5.74, 6) is 0.134. The molecule has 0 spiro atoms. The molecule has 0 amide bonds. The molecule has 0 saturated heterocycles. The molecule has 1 rings (SSSR count). The quantitative estimate of drug-likeness (QED) is 0.731. The zero-order chi connectivity index (χ0) is 10.4. The lowest BCUT2D eigenvalue weighted by molar-refractivity contribution is 0.588.